The van der Waals surface area contributed by atoms with E-state index in [0.717, 1.165) is 24.6 Å². The van der Waals surface area contributed by atoms with E-state index in [4.69, 9.17) is 37.9 Å². The molecule has 0 amide bonds. The smallest absolute Gasteiger partial charge is 0.132 e. The molecule has 234 valence electrons. The van der Waals surface area contributed by atoms with Crippen molar-refractivity contribution in [1.29, 1.82) is 0 Å². The predicted octanol–water partition coefficient (Wildman–Crippen LogP) is 2.72. The van der Waals surface area contributed by atoms with Crippen LogP contribution in [-0.2, 0) is 55.8 Å². The first-order chi connectivity index (χ1) is 19.6. The summed E-state index contributed by atoms with van der Waals surface area (Å²) in [5, 5.41) is 8.30. The molecule has 12 nitrogen and oxygen atoms in total. The van der Waals surface area contributed by atoms with Gasteiger partial charge in [-0.3, -0.25) is 9.48 Å². The first-order valence-electron chi connectivity index (χ1n) is 14.6. The van der Waals surface area contributed by atoms with Crippen LogP contribution in [0, 0.1) is 5.92 Å². The maximum atomic E-state index is 10.8. The van der Waals surface area contributed by atoms with Gasteiger partial charge in [0, 0.05) is 13.0 Å². The third kappa shape index (κ3) is 25.5. The monoisotopic (exact) mass is 575 g/mol. The Labute approximate surface area is 240 Å². The van der Waals surface area contributed by atoms with Gasteiger partial charge in [-0.05, 0) is 19.3 Å². The average molecular weight is 576 g/mol. The van der Waals surface area contributed by atoms with Crippen molar-refractivity contribution in [2.75, 3.05) is 99.1 Å². The fourth-order valence-electron chi connectivity index (χ4n) is 3.27. The van der Waals surface area contributed by atoms with Crippen LogP contribution in [0.2, 0.25) is 0 Å². The highest BCUT2D eigenvalue weighted by atomic mass is 16.6. The van der Waals surface area contributed by atoms with E-state index in [9.17, 15) is 4.79 Å². The van der Waals surface area contributed by atoms with E-state index in [0.29, 0.717) is 112 Å². The van der Waals surface area contributed by atoms with Crippen LogP contribution in [-0.4, -0.2) is 120 Å². The zero-order valence-electron chi connectivity index (χ0n) is 25.0. The molecule has 0 aliphatic heterocycles. The number of ether oxygens (including phenoxy) is 8. The number of carbonyl (C=O) groups excluding carboxylic acids is 1. The number of nitrogens with zero attached hydrogens (tertiary/aromatic N) is 3. The largest absolute Gasteiger partial charge is 0.379 e. The maximum absolute atomic E-state index is 10.8. The number of hydrogen-bond donors (Lipinski definition) is 0. The second kappa shape index (κ2) is 27.6. The highest BCUT2D eigenvalue weighted by Gasteiger charge is 2.02. The van der Waals surface area contributed by atoms with Gasteiger partial charge in [-0.15, -0.1) is 5.10 Å². The van der Waals surface area contributed by atoms with Crippen LogP contribution < -0.4 is 0 Å². The van der Waals surface area contributed by atoms with Gasteiger partial charge in [0.05, 0.1) is 112 Å². The van der Waals surface area contributed by atoms with Crippen molar-refractivity contribution in [2.24, 2.45) is 5.92 Å². The molecule has 0 spiro atoms. The van der Waals surface area contributed by atoms with Crippen molar-refractivity contribution in [3.8, 4) is 0 Å². The third-order valence-electron chi connectivity index (χ3n) is 5.46. The Hall–Kier alpha value is -1.51. The summed E-state index contributed by atoms with van der Waals surface area (Å²) in [4.78, 5) is 10.8. The molecular formula is C28H53N3O9. The third-order valence-corrected chi connectivity index (χ3v) is 5.46. The van der Waals surface area contributed by atoms with E-state index in [1.807, 2.05) is 10.9 Å². The molecule has 0 radical (unpaired) electrons. The Bertz CT molecular complexity index is 692. The van der Waals surface area contributed by atoms with Crippen LogP contribution in [0.15, 0.2) is 6.20 Å². The summed E-state index contributed by atoms with van der Waals surface area (Å²) in [6.07, 6.45) is 5.98. The van der Waals surface area contributed by atoms with Crippen molar-refractivity contribution in [2.45, 2.75) is 59.6 Å². The quantitative estimate of drug-likeness (QED) is 0.122. The summed E-state index contributed by atoms with van der Waals surface area (Å²) in [6, 6.07) is 0. The van der Waals surface area contributed by atoms with E-state index in [1.165, 1.54) is 12.8 Å². The Kier molecular flexibility index (Phi) is 25.2. The molecule has 1 rings (SSSR count). The number of unbranched alkanes of at least 4 members (excludes halogenated alkanes) is 1. The second-order valence-corrected chi connectivity index (χ2v) is 9.65. The fourth-order valence-corrected chi connectivity index (χ4v) is 3.27. The molecule has 0 aliphatic carbocycles. The molecule has 40 heavy (non-hydrogen) atoms. The van der Waals surface area contributed by atoms with Gasteiger partial charge in [0.15, 0.2) is 0 Å². The van der Waals surface area contributed by atoms with Crippen LogP contribution in [0.4, 0.5) is 0 Å². The molecule has 0 fully saturated rings. The van der Waals surface area contributed by atoms with Crippen LogP contribution in [0.5, 0.6) is 0 Å². The standard InChI is InChI=1S/C28H53N3O9/c1-26(2)6-4-5-8-31-24-28(29-30-31)25-40-23-22-39-21-20-38-19-18-37-17-16-36-15-14-35-13-12-34-11-10-33-9-7-27(3)32/h24,26H,4-23,25H2,1-3H3. The van der Waals surface area contributed by atoms with Crippen LogP contribution >= 0.6 is 0 Å². The van der Waals surface area contributed by atoms with E-state index in [-0.39, 0.29) is 5.78 Å². The van der Waals surface area contributed by atoms with Gasteiger partial charge in [-0.25, -0.2) is 0 Å². The minimum absolute atomic E-state index is 0.129. The second-order valence-electron chi connectivity index (χ2n) is 9.65. The number of rotatable bonds is 31. The highest BCUT2D eigenvalue weighted by Crippen LogP contribution is 2.07. The zero-order valence-corrected chi connectivity index (χ0v) is 25.0. The van der Waals surface area contributed by atoms with Gasteiger partial charge in [0.1, 0.15) is 11.5 Å². The number of aromatic nitrogens is 3. The van der Waals surface area contributed by atoms with Crippen LogP contribution in [0.1, 0.15) is 52.1 Å². The van der Waals surface area contributed by atoms with Gasteiger partial charge >= 0.3 is 0 Å². The van der Waals surface area contributed by atoms with E-state index >= 15 is 0 Å². The Balaban J connectivity index is 1.71. The molecule has 0 bridgehead atoms. The summed E-state index contributed by atoms with van der Waals surface area (Å²) in [7, 11) is 0. The molecular weight excluding hydrogens is 522 g/mol. The number of Topliss-reactive ketones (excluding diaryl/α,β-unsaturated/α-hetero) is 1. The minimum Gasteiger partial charge on any atom is -0.379 e. The van der Waals surface area contributed by atoms with Gasteiger partial charge in [-0.2, -0.15) is 0 Å². The minimum atomic E-state index is 0.129. The summed E-state index contributed by atoms with van der Waals surface area (Å²) < 4.78 is 45.5. The first-order valence-corrected chi connectivity index (χ1v) is 14.6. The van der Waals surface area contributed by atoms with Gasteiger partial charge in [0.25, 0.3) is 0 Å². The lowest BCUT2D eigenvalue weighted by atomic mass is 10.1. The van der Waals surface area contributed by atoms with Crippen molar-refractivity contribution < 1.29 is 42.7 Å². The van der Waals surface area contributed by atoms with Gasteiger partial charge in [-0.1, -0.05) is 31.9 Å². The van der Waals surface area contributed by atoms with Crippen molar-refractivity contribution in [1.82, 2.24) is 15.0 Å². The average Bonchev–Trinajstić information content (AvgIpc) is 3.38. The van der Waals surface area contributed by atoms with E-state index < -0.39 is 0 Å². The lowest BCUT2D eigenvalue weighted by Gasteiger charge is -2.08. The number of ketones is 1. The highest BCUT2D eigenvalue weighted by molar-refractivity contribution is 5.75. The Morgan fingerprint density at radius 2 is 1.10 bits per heavy atom. The van der Waals surface area contributed by atoms with Gasteiger partial charge < -0.3 is 37.9 Å². The van der Waals surface area contributed by atoms with Gasteiger partial charge in [0.2, 0.25) is 0 Å². The van der Waals surface area contributed by atoms with E-state index in [2.05, 4.69) is 24.2 Å². The molecule has 1 heterocycles. The molecule has 0 atom stereocenters. The Morgan fingerprint density at radius 3 is 1.52 bits per heavy atom. The normalized spacial score (nSPS) is 11.6. The fraction of sp³-hybridized carbons (Fsp3) is 0.893. The number of aryl methyl sites for hydroxylation is 1. The molecule has 0 aliphatic rings. The molecule has 0 N–H and O–H groups in total. The lowest BCUT2D eigenvalue weighted by Crippen LogP contribution is -2.15. The SMILES string of the molecule is CC(=O)CCOCCOCCOCCOCCOCCOCCOCCOCc1cn(CCCCC(C)C)nn1. The molecule has 1 aromatic heterocycles. The molecule has 0 unspecified atom stereocenters. The molecule has 0 aromatic carbocycles. The molecule has 0 saturated heterocycles. The van der Waals surface area contributed by atoms with Crippen molar-refractivity contribution in [3.05, 3.63) is 11.9 Å². The molecule has 12 heteroatoms. The topological polar surface area (TPSA) is 122 Å². The maximum Gasteiger partial charge on any atom is 0.132 e. The Morgan fingerprint density at radius 1 is 0.675 bits per heavy atom. The van der Waals surface area contributed by atoms with Crippen molar-refractivity contribution in [3.63, 3.8) is 0 Å². The number of hydrogen-bond acceptors (Lipinski definition) is 11. The van der Waals surface area contributed by atoms with E-state index in [1.54, 1.807) is 6.92 Å². The van der Waals surface area contributed by atoms with Crippen molar-refractivity contribution >= 4 is 5.78 Å². The number of carbonyl (C=O) groups is 1. The molecule has 0 saturated carbocycles. The zero-order chi connectivity index (χ0) is 28.9. The summed E-state index contributed by atoms with van der Waals surface area (Å²) in [6.45, 7) is 14.9. The van der Waals surface area contributed by atoms with Crippen LogP contribution in [0.3, 0.4) is 0 Å². The summed E-state index contributed by atoms with van der Waals surface area (Å²) in [5.74, 6) is 0.877. The van der Waals surface area contributed by atoms with Crippen LogP contribution in [0.25, 0.3) is 0 Å². The lowest BCUT2D eigenvalue weighted by molar-refractivity contribution is -0.118. The summed E-state index contributed by atoms with van der Waals surface area (Å²) in [5.41, 5.74) is 0.841. The predicted molar refractivity (Wildman–Crippen MR) is 149 cm³/mol. The first kappa shape index (κ1) is 36.5. The summed E-state index contributed by atoms with van der Waals surface area (Å²) >= 11 is 0. The molecule has 1 aromatic rings.